The number of nitrogens with one attached hydrogen (secondary N) is 2. The summed E-state index contributed by atoms with van der Waals surface area (Å²) in [7, 11) is 1.54. The average molecular weight is 251 g/mol. The molecule has 0 aliphatic carbocycles. The minimum Gasteiger partial charge on any atom is -0.383 e. The molecule has 2 N–H and O–H groups in total. The molecular formula is C12H14FN3O2. The second-order valence-corrected chi connectivity index (χ2v) is 3.99. The number of ether oxygens (including phenoxy) is 1. The summed E-state index contributed by atoms with van der Waals surface area (Å²) < 4.78 is 18.1. The van der Waals surface area contributed by atoms with Gasteiger partial charge in [-0.2, -0.15) is 0 Å². The Balaban J connectivity index is 2.27. The molecule has 1 saturated heterocycles. The predicted molar refractivity (Wildman–Crippen MR) is 64.0 cm³/mol. The lowest BCUT2D eigenvalue weighted by atomic mass is 10.1. The lowest BCUT2D eigenvalue weighted by Crippen LogP contribution is -2.32. The first-order valence-electron chi connectivity index (χ1n) is 5.54. The molecule has 5 nitrogen and oxygen atoms in total. The number of urea groups is 1. The molecule has 0 saturated carbocycles. The molecule has 1 aromatic rings. The molecule has 1 heterocycles. The van der Waals surface area contributed by atoms with Crippen LogP contribution in [0.5, 0.6) is 0 Å². The van der Waals surface area contributed by atoms with Gasteiger partial charge in [-0.05, 0) is 17.7 Å². The van der Waals surface area contributed by atoms with Gasteiger partial charge in [-0.1, -0.05) is 12.1 Å². The molecule has 1 aliphatic rings. The van der Waals surface area contributed by atoms with Gasteiger partial charge in [-0.3, -0.25) is 10.7 Å². The molecule has 0 aromatic heterocycles. The van der Waals surface area contributed by atoms with Gasteiger partial charge in [0.15, 0.2) is 0 Å². The van der Waals surface area contributed by atoms with Crippen molar-refractivity contribution < 1.29 is 13.9 Å². The van der Waals surface area contributed by atoms with Gasteiger partial charge in [-0.25, -0.2) is 9.18 Å². The molecular weight excluding hydrogens is 237 g/mol. The van der Waals surface area contributed by atoms with E-state index in [-0.39, 0.29) is 17.7 Å². The summed E-state index contributed by atoms with van der Waals surface area (Å²) in [6.07, 6.45) is 0. The monoisotopic (exact) mass is 251 g/mol. The number of hydrogen-bond donors (Lipinski definition) is 2. The highest BCUT2D eigenvalue weighted by Gasteiger charge is 2.36. The largest absolute Gasteiger partial charge is 0.383 e. The Morgan fingerprint density at radius 1 is 1.56 bits per heavy atom. The van der Waals surface area contributed by atoms with Gasteiger partial charge in [0.25, 0.3) is 0 Å². The summed E-state index contributed by atoms with van der Waals surface area (Å²) in [5, 5.41) is 10.2. The Hall–Kier alpha value is -1.95. The van der Waals surface area contributed by atoms with Gasteiger partial charge in [0, 0.05) is 13.7 Å². The van der Waals surface area contributed by atoms with Gasteiger partial charge in [-0.15, -0.1) is 0 Å². The van der Waals surface area contributed by atoms with Crippen molar-refractivity contribution in [3.63, 3.8) is 0 Å². The number of amides is 2. The van der Waals surface area contributed by atoms with Crippen LogP contribution in [-0.2, 0) is 4.74 Å². The average Bonchev–Trinajstić information content (AvgIpc) is 2.61. The van der Waals surface area contributed by atoms with Gasteiger partial charge in [0.1, 0.15) is 17.7 Å². The van der Waals surface area contributed by atoms with Gasteiger partial charge >= 0.3 is 6.03 Å². The van der Waals surface area contributed by atoms with Crippen LogP contribution in [0.1, 0.15) is 11.6 Å². The number of nitrogens with zero attached hydrogens (tertiary/aromatic N) is 1. The molecule has 2 amide bonds. The quantitative estimate of drug-likeness (QED) is 0.852. The molecule has 96 valence electrons. The summed E-state index contributed by atoms with van der Waals surface area (Å²) in [4.78, 5) is 13.1. The number of rotatable bonds is 4. The van der Waals surface area contributed by atoms with Crippen LogP contribution in [0.2, 0.25) is 0 Å². The maximum Gasteiger partial charge on any atom is 0.323 e. The summed E-state index contributed by atoms with van der Waals surface area (Å²) in [5.41, 5.74) is 0.578. The zero-order valence-corrected chi connectivity index (χ0v) is 9.94. The molecule has 1 aromatic carbocycles. The Kier molecular flexibility index (Phi) is 3.57. The molecule has 1 fully saturated rings. The number of carbonyl (C=O) groups excluding carboxylic acids is 1. The number of methoxy groups -OCH3 is 1. The van der Waals surface area contributed by atoms with Gasteiger partial charge in [0.2, 0.25) is 0 Å². The highest BCUT2D eigenvalue weighted by Crippen LogP contribution is 2.25. The highest BCUT2D eigenvalue weighted by molar-refractivity contribution is 6.05. The van der Waals surface area contributed by atoms with E-state index in [2.05, 4.69) is 5.32 Å². The normalized spacial score (nSPS) is 19.2. The first-order chi connectivity index (χ1) is 8.63. The van der Waals surface area contributed by atoms with Crippen LogP contribution in [0.25, 0.3) is 0 Å². The van der Waals surface area contributed by atoms with Gasteiger partial charge < -0.3 is 9.64 Å². The molecule has 0 radical (unpaired) electrons. The third-order valence-corrected chi connectivity index (χ3v) is 2.79. The van der Waals surface area contributed by atoms with Crippen LogP contribution in [0.3, 0.4) is 0 Å². The number of carbonyl (C=O) groups is 1. The van der Waals surface area contributed by atoms with E-state index in [1.54, 1.807) is 12.1 Å². The third kappa shape index (κ3) is 2.33. The van der Waals surface area contributed by atoms with E-state index in [1.165, 1.54) is 24.1 Å². The van der Waals surface area contributed by atoms with E-state index in [0.717, 1.165) is 0 Å². The van der Waals surface area contributed by atoms with E-state index >= 15 is 0 Å². The van der Waals surface area contributed by atoms with Gasteiger partial charge in [0.05, 0.1) is 6.61 Å². The van der Waals surface area contributed by atoms with Crippen LogP contribution in [0.4, 0.5) is 9.18 Å². The van der Waals surface area contributed by atoms with E-state index < -0.39 is 6.04 Å². The molecule has 18 heavy (non-hydrogen) atoms. The molecule has 1 atom stereocenters. The maximum atomic E-state index is 13.2. The van der Waals surface area contributed by atoms with E-state index in [9.17, 15) is 9.18 Å². The molecule has 6 heteroatoms. The van der Waals surface area contributed by atoms with Crippen molar-refractivity contribution in [1.82, 2.24) is 10.2 Å². The van der Waals surface area contributed by atoms with Crippen LogP contribution >= 0.6 is 0 Å². The van der Waals surface area contributed by atoms with Crippen molar-refractivity contribution in [1.29, 1.82) is 5.41 Å². The van der Waals surface area contributed by atoms with Crippen LogP contribution in [0, 0.1) is 11.2 Å². The van der Waals surface area contributed by atoms with E-state index in [4.69, 9.17) is 10.1 Å². The van der Waals surface area contributed by atoms with E-state index in [1.807, 2.05) is 0 Å². The van der Waals surface area contributed by atoms with Crippen molar-refractivity contribution >= 4 is 11.9 Å². The van der Waals surface area contributed by atoms with Crippen molar-refractivity contribution in [2.24, 2.45) is 0 Å². The highest BCUT2D eigenvalue weighted by atomic mass is 19.1. The smallest absolute Gasteiger partial charge is 0.323 e. The van der Waals surface area contributed by atoms with Crippen molar-refractivity contribution in [3.05, 3.63) is 35.6 Å². The van der Waals surface area contributed by atoms with Crippen molar-refractivity contribution in [2.75, 3.05) is 20.3 Å². The molecule has 0 bridgehead atoms. The summed E-state index contributed by atoms with van der Waals surface area (Å²) in [5.74, 6) is -0.326. The number of hydrogen-bond acceptors (Lipinski definition) is 3. The van der Waals surface area contributed by atoms with Crippen LogP contribution in [-0.4, -0.2) is 37.0 Å². The second-order valence-electron chi connectivity index (χ2n) is 3.99. The zero-order chi connectivity index (χ0) is 13.1. The number of amidine groups is 1. The molecule has 2 rings (SSSR count). The minimum absolute atomic E-state index is 0.0571. The second kappa shape index (κ2) is 5.14. The number of benzene rings is 1. The molecule has 1 aliphatic heterocycles. The maximum absolute atomic E-state index is 13.2. The Labute approximate surface area is 104 Å². The SMILES string of the molecule is COCCN1C(=O)NC(=N)C1c1cccc(F)c1. The first-order valence-corrected chi connectivity index (χ1v) is 5.54. The fourth-order valence-electron chi connectivity index (χ4n) is 1.97. The lowest BCUT2D eigenvalue weighted by Gasteiger charge is -2.22. The topological polar surface area (TPSA) is 65.4 Å². The third-order valence-electron chi connectivity index (χ3n) is 2.79. The summed E-state index contributed by atoms with van der Waals surface area (Å²) in [6, 6.07) is 5.00. The zero-order valence-electron chi connectivity index (χ0n) is 9.94. The fraction of sp³-hybridized carbons (Fsp3) is 0.333. The summed E-state index contributed by atoms with van der Waals surface area (Å²) >= 11 is 0. The Morgan fingerprint density at radius 3 is 3.00 bits per heavy atom. The predicted octanol–water partition coefficient (Wildman–Crippen LogP) is 1.52. The summed E-state index contributed by atoms with van der Waals surface area (Å²) in [6.45, 7) is 0.721. The Morgan fingerprint density at radius 2 is 2.33 bits per heavy atom. The Bertz CT molecular complexity index is 478. The van der Waals surface area contributed by atoms with Crippen LogP contribution < -0.4 is 5.32 Å². The molecule has 1 unspecified atom stereocenters. The van der Waals surface area contributed by atoms with Crippen molar-refractivity contribution in [3.8, 4) is 0 Å². The standard InChI is InChI=1S/C12H14FN3O2/c1-18-6-5-16-10(11(14)15-12(16)17)8-3-2-4-9(13)7-8/h2-4,7,10H,5-6H2,1H3,(H2,14,15,17). The molecule has 0 spiro atoms. The fourth-order valence-corrected chi connectivity index (χ4v) is 1.97. The lowest BCUT2D eigenvalue weighted by molar-refractivity contribution is 0.151. The first kappa shape index (κ1) is 12.5. The van der Waals surface area contributed by atoms with E-state index in [0.29, 0.717) is 18.7 Å². The minimum atomic E-state index is -0.566. The number of halogens is 1. The van der Waals surface area contributed by atoms with Crippen LogP contribution in [0.15, 0.2) is 24.3 Å². The van der Waals surface area contributed by atoms with Crippen molar-refractivity contribution in [2.45, 2.75) is 6.04 Å².